The number of hydrogen-bond donors (Lipinski definition) is 1. The first-order chi connectivity index (χ1) is 17.8. The SMILES string of the molecule is COc1cc(-c2c(C(C)=O)c(C)nc3sc(/C([O-])=N/c4c[n+](C5CC5)no4)c(N)c23)cc(OC)c1OC. The number of thiophene rings is 1. The lowest BCUT2D eigenvalue weighted by atomic mass is 9.93. The average Bonchev–Trinajstić information content (AvgIpc) is 3.54. The van der Waals surface area contributed by atoms with E-state index in [9.17, 15) is 9.90 Å². The topological polar surface area (TPSA) is 149 Å². The van der Waals surface area contributed by atoms with Crippen molar-refractivity contribution in [1.82, 2.24) is 10.3 Å². The van der Waals surface area contributed by atoms with Gasteiger partial charge in [-0.25, -0.2) is 9.98 Å². The van der Waals surface area contributed by atoms with Crippen LogP contribution in [0.15, 0.2) is 27.8 Å². The number of pyridine rings is 1. The highest BCUT2D eigenvalue weighted by Crippen LogP contribution is 2.47. The smallest absolute Gasteiger partial charge is 0.320 e. The zero-order valence-electron chi connectivity index (χ0n) is 20.9. The monoisotopic (exact) mass is 523 g/mol. The third-order valence-corrected chi connectivity index (χ3v) is 7.25. The Morgan fingerprint density at radius 1 is 1.22 bits per heavy atom. The number of nitrogens with zero attached hydrogens (tertiary/aromatic N) is 4. The molecule has 192 valence electrons. The minimum Gasteiger partial charge on any atom is -0.857 e. The molecule has 0 amide bonds. The summed E-state index contributed by atoms with van der Waals surface area (Å²) in [6.07, 6.45) is 3.62. The molecule has 1 fully saturated rings. The minimum atomic E-state index is -0.586. The third-order valence-electron chi connectivity index (χ3n) is 6.16. The number of aromatic nitrogens is 3. The second-order valence-corrected chi connectivity index (χ2v) is 9.61. The molecule has 1 saturated carbocycles. The Labute approximate surface area is 216 Å². The molecular weight excluding hydrogens is 498 g/mol. The molecule has 1 aromatic carbocycles. The second kappa shape index (κ2) is 9.36. The number of anilines is 1. The molecule has 0 radical (unpaired) electrons. The molecule has 12 heteroatoms. The molecule has 1 aliphatic carbocycles. The Morgan fingerprint density at radius 3 is 2.46 bits per heavy atom. The quantitative estimate of drug-likeness (QED) is 0.159. The first kappa shape index (κ1) is 24.5. The highest BCUT2D eigenvalue weighted by molar-refractivity contribution is 7.21. The zero-order valence-corrected chi connectivity index (χ0v) is 21.8. The van der Waals surface area contributed by atoms with Crippen LogP contribution in [0, 0.1) is 6.92 Å². The van der Waals surface area contributed by atoms with E-state index in [1.807, 2.05) is 0 Å². The minimum absolute atomic E-state index is 0.0900. The van der Waals surface area contributed by atoms with E-state index < -0.39 is 5.90 Å². The third kappa shape index (κ3) is 4.22. The van der Waals surface area contributed by atoms with Crippen molar-refractivity contribution in [2.24, 2.45) is 4.99 Å². The van der Waals surface area contributed by atoms with Crippen molar-refractivity contribution in [3.8, 4) is 28.4 Å². The fourth-order valence-corrected chi connectivity index (χ4v) is 5.37. The lowest BCUT2D eigenvalue weighted by molar-refractivity contribution is -0.765. The number of ketones is 1. The highest BCUT2D eigenvalue weighted by Gasteiger charge is 2.35. The predicted octanol–water partition coefficient (Wildman–Crippen LogP) is 3.13. The maximum Gasteiger partial charge on any atom is 0.320 e. The van der Waals surface area contributed by atoms with Gasteiger partial charge in [-0.1, -0.05) is 0 Å². The van der Waals surface area contributed by atoms with Gasteiger partial charge in [0.05, 0.1) is 37.6 Å². The number of aliphatic imine (C=N–C) groups is 1. The number of Topliss-reactive ketones (excluding diaryl/α,β-unsaturated/α-hetero) is 1. The molecule has 0 spiro atoms. The van der Waals surface area contributed by atoms with Gasteiger partial charge >= 0.3 is 5.88 Å². The van der Waals surface area contributed by atoms with Gasteiger partial charge in [0.2, 0.25) is 11.0 Å². The predicted molar refractivity (Wildman–Crippen MR) is 135 cm³/mol. The van der Waals surface area contributed by atoms with E-state index in [-0.39, 0.29) is 28.3 Å². The average molecular weight is 524 g/mol. The molecule has 4 aromatic rings. The van der Waals surface area contributed by atoms with Crippen LogP contribution in [0.1, 0.15) is 46.7 Å². The molecule has 0 atom stereocenters. The Bertz CT molecular complexity index is 1540. The maximum atomic E-state index is 13.2. The Hall–Kier alpha value is -4.19. The Balaban J connectivity index is 1.74. The summed E-state index contributed by atoms with van der Waals surface area (Å²) in [5.74, 6) is 0.519. The Kier molecular flexibility index (Phi) is 6.20. The number of methoxy groups -OCH3 is 3. The van der Waals surface area contributed by atoms with Gasteiger partial charge < -0.3 is 25.1 Å². The van der Waals surface area contributed by atoms with Gasteiger partial charge in [0.25, 0.3) is 6.20 Å². The molecule has 3 heterocycles. The van der Waals surface area contributed by atoms with Crippen molar-refractivity contribution >= 4 is 44.8 Å². The van der Waals surface area contributed by atoms with Gasteiger partial charge in [0.1, 0.15) is 4.83 Å². The standard InChI is InChI=1S/C25H25N5O6S/c1-11-18(12(2)31)19(13-8-15(33-3)22(35-5)16(9-13)34-4)20-21(26)23(37-25(20)27-11)24(32)28-17-10-30(29-36-17)14-6-7-14/h8-10,14H,6-7H2,1-5H3,(H2-,26,28,29,32). The van der Waals surface area contributed by atoms with Crippen molar-refractivity contribution in [2.75, 3.05) is 27.1 Å². The number of hydrogen-bond acceptors (Lipinski definition) is 11. The number of ether oxygens (including phenoxy) is 3. The number of carbonyl (C=O) groups is 1. The van der Waals surface area contributed by atoms with E-state index in [1.54, 1.807) is 29.9 Å². The van der Waals surface area contributed by atoms with Crippen molar-refractivity contribution in [2.45, 2.75) is 32.7 Å². The van der Waals surface area contributed by atoms with E-state index in [4.69, 9.17) is 24.5 Å². The molecule has 0 bridgehead atoms. The van der Waals surface area contributed by atoms with E-state index >= 15 is 0 Å². The summed E-state index contributed by atoms with van der Waals surface area (Å²) in [5, 5.41) is 17.5. The van der Waals surface area contributed by atoms with Crippen LogP contribution >= 0.6 is 11.3 Å². The summed E-state index contributed by atoms with van der Waals surface area (Å²) >= 11 is 1.10. The lowest BCUT2D eigenvalue weighted by Gasteiger charge is -2.17. The van der Waals surface area contributed by atoms with Crippen LogP contribution in [-0.2, 0) is 0 Å². The number of rotatable bonds is 8. The normalized spacial score (nSPS) is 13.7. The van der Waals surface area contributed by atoms with Gasteiger partial charge in [0, 0.05) is 35.3 Å². The van der Waals surface area contributed by atoms with Crippen LogP contribution in [0.3, 0.4) is 0 Å². The molecule has 3 aromatic heterocycles. The van der Waals surface area contributed by atoms with Crippen molar-refractivity contribution in [3.63, 3.8) is 0 Å². The van der Waals surface area contributed by atoms with E-state index in [0.717, 1.165) is 24.2 Å². The van der Waals surface area contributed by atoms with Gasteiger partial charge in [-0.2, -0.15) is 0 Å². The molecule has 0 saturated heterocycles. The lowest BCUT2D eigenvalue weighted by Crippen LogP contribution is -2.32. The van der Waals surface area contributed by atoms with Gasteiger partial charge in [-0.3, -0.25) is 9.32 Å². The van der Waals surface area contributed by atoms with Crippen LogP contribution in [0.2, 0.25) is 0 Å². The van der Waals surface area contributed by atoms with Crippen molar-refractivity contribution < 1.29 is 33.3 Å². The fourth-order valence-electron chi connectivity index (χ4n) is 4.33. The summed E-state index contributed by atoms with van der Waals surface area (Å²) in [7, 11) is 4.52. The number of aryl methyl sites for hydroxylation is 1. The number of fused-ring (bicyclic) bond motifs is 1. The van der Waals surface area contributed by atoms with Crippen LogP contribution in [0.5, 0.6) is 17.2 Å². The summed E-state index contributed by atoms with van der Waals surface area (Å²) in [6, 6.07) is 3.75. The largest absolute Gasteiger partial charge is 0.857 e. The van der Waals surface area contributed by atoms with Gasteiger partial charge in [-0.05, 0) is 36.2 Å². The highest BCUT2D eigenvalue weighted by atomic mass is 32.1. The van der Waals surface area contributed by atoms with E-state index in [0.29, 0.717) is 49.8 Å². The van der Waals surface area contributed by atoms with Crippen LogP contribution in [-0.4, -0.2) is 43.3 Å². The summed E-state index contributed by atoms with van der Waals surface area (Å²) in [5.41, 5.74) is 8.71. The van der Waals surface area contributed by atoms with Crippen molar-refractivity contribution in [3.05, 3.63) is 34.5 Å². The second-order valence-electron chi connectivity index (χ2n) is 8.61. The number of carbonyl (C=O) groups excluding carboxylic acids is 1. The zero-order chi connectivity index (χ0) is 26.4. The van der Waals surface area contributed by atoms with Crippen LogP contribution in [0.25, 0.3) is 21.3 Å². The maximum absolute atomic E-state index is 13.2. The molecule has 37 heavy (non-hydrogen) atoms. The van der Waals surface area contributed by atoms with Crippen LogP contribution < -0.4 is 29.7 Å². The number of benzene rings is 1. The van der Waals surface area contributed by atoms with E-state index in [2.05, 4.69) is 15.2 Å². The summed E-state index contributed by atoms with van der Waals surface area (Å²) in [6.45, 7) is 3.20. The summed E-state index contributed by atoms with van der Waals surface area (Å²) < 4.78 is 23.4. The van der Waals surface area contributed by atoms with Gasteiger partial charge in [0.15, 0.2) is 23.3 Å². The molecular formula is C25H25N5O6S. The molecule has 11 nitrogen and oxygen atoms in total. The first-order valence-electron chi connectivity index (χ1n) is 11.4. The van der Waals surface area contributed by atoms with E-state index in [1.165, 1.54) is 28.3 Å². The van der Waals surface area contributed by atoms with Crippen molar-refractivity contribution in [1.29, 1.82) is 0 Å². The molecule has 0 unspecified atom stereocenters. The van der Waals surface area contributed by atoms with Crippen LogP contribution in [0.4, 0.5) is 11.6 Å². The molecule has 1 aliphatic rings. The fraction of sp³-hybridized carbons (Fsp3) is 0.320. The molecule has 0 aliphatic heterocycles. The number of nitrogen functional groups attached to an aromatic ring is 1. The summed E-state index contributed by atoms with van der Waals surface area (Å²) in [4.78, 5) is 22.2. The van der Waals surface area contributed by atoms with Gasteiger partial charge in [-0.15, -0.1) is 11.3 Å². The molecule has 2 N–H and O–H groups in total. The first-order valence-corrected chi connectivity index (χ1v) is 12.3. The molecule has 5 rings (SSSR count). The number of nitrogens with two attached hydrogens (primary N) is 1. The Morgan fingerprint density at radius 2 is 1.89 bits per heavy atom.